The fourth-order valence-electron chi connectivity index (χ4n) is 11.4. The summed E-state index contributed by atoms with van der Waals surface area (Å²) in [7, 11) is 0. The van der Waals surface area contributed by atoms with Gasteiger partial charge in [0.25, 0.3) is 6.71 Å². The van der Waals surface area contributed by atoms with E-state index in [2.05, 4.69) is 193 Å². The van der Waals surface area contributed by atoms with Crippen molar-refractivity contribution in [2.24, 2.45) is 0 Å². The van der Waals surface area contributed by atoms with Crippen molar-refractivity contribution < 1.29 is 4.74 Å². The molecule has 0 N–H and O–H groups in total. The van der Waals surface area contributed by atoms with E-state index in [1.54, 1.807) is 0 Å². The second-order valence-corrected chi connectivity index (χ2v) is 19.4. The van der Waals surface area contributed by atoms with E-state index < -0.39 is 0 Å². The van der Waals surface area contributed by atoms with Gasteiger partial charge >= 0.3 is 0 Å². The van der Waals surface area contributed by atoms with Gasteiger partial charge in [-0.1, -0.05) is 122 Å². The van der Waals surface area contributed by atoms with Crippen molar-refractivity contribution in [1.29, 1.82) is 0 Å². The van der Waals surface area contributed by atoms with Crippen molar-refractivity contribution in [3.05, 3.63) is 149 Å². The van der Waals surface area contributed by atoms with Crippen LogP contribution in [0.2, 0.25) is 0 Å². The standard InChI is InChI=1S/C51H51BN2O/c1-32-20-23-45-42(24-32)52-41-28-39-40(51(8,9)31-50(39,6)7)29-43(41)54(35-21-22-37-38(25-35)49(4,5)30-48(37,2)3)44-26-36(27-46(55-45)47(44)52)53(33-16-12-10-13-17-33)34-18-14-11-15-19-34/h10-29H,30-31H2,1-9H3. The first-order chi connectivity index (χ1) is 26.1. The summed E-state index contributed by atoms with van der Waals surface area (Å²) in [5.41, 5.74) is 18.2. The first-order valence-corrected chi connectivity index (χ1v) is 20.1. The third-order valence-corrected chi connectivity index (χ3v) is 13.3. The number of hydrogen-bond donors (Lipinski definition) is 0. The van der Waals surface area contributed by atoms with Crippen molar-refractivity contribution in [1.82, 2.24) is 0 Å². The number of ether oxygens (including phenoxy) is 1. The first kappa shape index (κ1) is 34.3. The van der Waals surface area contributed by atoms with Gasteiger partial charge in [0.2, 0.25) is 0 Å². The molecule has 0 spiro atoms. The predicted molar refractivity (Wildman–Crippen MR) is 233 cm³/mol. The summed E-state index contributed by atoms with van der Waals surface area (Å²) in [5, 5.41) is 0. The van der Waals surface area contributed by atoms with Gasteiger partial charge in [-0.25, -0.2) is 0 Å². The molecule has 2 aliphatic carbocycles. The summed E-state index contributed by atoms with van der Waals surface area (Å²) < 4.78 is 7.09. The molecular weight excluding hydrogens is 667 g/mol. The van der Waals surface area contributed by atoms with Gasteiger partial charge in [0.05, 0.1) is 5.69 Å². The smallest absolute Gasteiger partial charge is 0.256 e. The maximum Gasteiger partial charge on any atom is 0.256 e. The lowest BCUT2D eigenvalue weighted by molar-refractivity contribution is 0.403. The van der Waals surface area contributed by atoms with E-state index in [1.165, 1.54) is 61.3 Å². The van der Waals surface area contributed by atoms with E-state index in [0.717, 1.165) is 41.4 Å². The van der Waals surface area contributed by atoms with Crippen LogP contribution in [0.3, 0.4) is 0 Å². The Morgan fingerprint density at radius 2 is 1.09 bits per heavy atom. The lowest BCUT2D eigenvalue weighted by Gasteiger charge is -2.42. The molecule has 0 unspecified atom stereocenters. The van der Waals surface area contributed by atoms with E-state index in [4.69, 9.17) is 4.74 Å². The molecule has 0 bridgehead atoms. The van der Waals surface area contributed by atoms with Gasteiger partial charge in [-0.05, 0) is 135 Å². The number of benzene rings is 6. The highest BCUT2D eigenvalue weighted by atomic mass is 16.5. The lowest BCUT2D eigenvalue weighted by atomic mass is 9.34. The number of anilines is 6. The SMILES string of the molecule is Cc1ccc2c(c1)B1c3cc4c(cc3N(c3ccc5c(c3)C(C)(C)CC5(C)C)c3cc(N(c5ccccc5)c5ccccc5)cc(c31)O2)C(C)(C)CC4(C)C. The highest BCUT2D eigenvalue weighted by molar-refractivity contribution is 6.99. The minimum atomic E-state index is 0.0328. The average molecular weight is 719 g/mol. The number of nitrogens with zero attached hydrogens (tertiary/aromatic N) is 2. The molecule has 0 atom stereocenters. The minimum Gasteiger partial charge on any atom is -0.458 e. The molecule has 55 heavy (non-hydrogen) atoms. The lowest BCUT2D eigenvalue weighted by Crippen LogP contribution is -2.59. The van der Waals surface area contributed by atoms with Gasteiger partial charge in [-0.15, -0.1) is 0 Å². The van der Waals surface area contributed by atoms with Crippen LogP contribution in [-0.4, -0.2) is 6.71 Å². The fourth-order valence-corrected chi connectivity index (χ4v) is 11.4. The van der Waals surface area contributed by atoms with Crippen LogP contribution in [0.4, 0.5) is 34.1 Å². The normalized spacial score (nSPS) is 18.4. The molecule has 0 saturated heterocycles. The molecule has 0 aromatic heterocycles. The van der Waals surface area contributed by atoms with Gasteiger partial charge < -0.3 is 14.5 Å². The van der Waals surface area contributed by atoms with E-state index in [0.29, 0.717) is 0 Å². The van der Waals surface area contributed by atoms with E-state index >= 15 is 0 Å². The molecular formula is C51H51BN2O. The second kappa shape index (κ2) is 11.4. The van der Waals surface area contributed by atoms with Gasteiger partial charge in [-0.3, -0.25) is 0 Å². The van der Waals surface area contributed by atoms with Crippen LogP contribution in [0.1, 0.15) is 96.0 Å². The van der Waals surface area contributed by atoms with Crippen LogP contribution in [0.25, 0.3) is 0 Å². The van der Waals surface area contributed by atoms with E-state index in [9.17, 15) is 0 Å². The summed E-state index contributed by atoms with van der Waals surface area (Å²) in [6.07, 6.45) is 2.25. The first-order valence-electron chi connectivity index (χ1n) is 20.1. The number of aryl methyl sites for hydroxylation is 1. The summed E-state index contributed by atoms with van der Waals surface area (Å²) >= 11 is 0. The molecule has 2 heterocycles. The van der Waals surface area contributed by atoms with Crippen molar-refractivity contribution in [2.75, 3.05) is 9.80 Å². The Morgan fingerprint density at radius 3 is 1.73 bits per heavy atom. The van der Waals surface area contributed by atoms with Crippen molar-refractivity contribution >= 4 is 57.2 Å². The Kier molecular flexibility index (Phi) is 7.12. The largest absolute Gasteiger partial charge is 0.458 e. The zero-order valence-electron chi connectivity index (χ0n) is 33.8. The number of fused-ring (bicyclic) bond motifs is 6. The number of hydrogen-bond acceptors (Lipinski definition) is 3. The quantitative estimate of drug-likeness (QED) is 0.169. The monoisotopic (exact) mass is 718 g/mol. The van der Waals surface area contributed by atoms with Gasteiger partial charge in [0.1, 0.15) is 11.5 Å². The molecule has 0 fully saturated rings. The second-order valence-electron chi connectivity index (χ2n) is 19.4. The molecule has 2 aliphatic heterocycles. The van der Waals surface area contributed by atoms with E-state index in [-0.39, 0.29) is 28.4 Å². The number of para-hydroxylation sites is 2. The Balaban J connectivity index is 1.31. The molecule has 6 aromatic carbocycles. The molecule has 3 nitrogen and oxygen atoms in total. The number of rotatable bonds is 4. The minimum absolute atomic E-state index is 0.0328. The van der Waals surface area contributed by atoms with E-state index in [1.807, 2.05) is 0 Å². The Morgan fingerprint density at radius 1 is 0.509 bits per heavy atom. The average Bonchev–Trinajstić information content (AvgIpc) is 3.45. The molecule has 10 rings (SSSR count). The van der Waals surface area contributed by atoms with Gasteiger partial charge in [0.15, 0.2) is 0 Å². The molecule has 0 amide bonds. The summed E-state index contributed by atoms with van der Waals surface area (Å²) in [5.74, 6) is 1.86. The third kappa shape index (κ3) is 5.09. The van der Waals surface area contributed by atoms with Crippen molar-refractivity contribution in [3.8, 4) is 11.5 Å². The Labute approximate surface area is 328 Å². The van der Waals surface area contributed by atoms with Crippen LogP contribution >= 0.6 is 0 Å². The fraction of sp³-hybridized carbons (Fsp3) is 0.294. The maximum absolute atomic E-state index is 7.09. The van der Waals surface area contributed by atoms with Gasteiger partial charge in [-0.2, -0.15) is 0 Å². The molecule has 4 heteroatoms. The summed E-state index contributed by atoms with van der Waals surface area (Å²) in [6.45, 7) is 21.7. The molecule has 4 aliphatic rings. The Bertz CT molecular complexity index is 2510. The molecule has 0 radical (unpaired) electrons. The Hall–Kier alpha value is -5.22. The summed E-state index contributed by atoms with van der Waals surface area (Å²) in [6, 6.07) is 45.4. The van der Waals surface area contributed by atoms with Gasteiger partial charge in [0, 0.05) is 34.5 Å². The van der Waals surface area contributed by atoms with Crippen LogP contribution in [0.15, 0.2) is 121 Å². The molecule has 6 aromatic rings. The topological polar surface area (TPSA) is 15.7 Å². The van der Waals surface area contributed by atoms with Crippen LogP contribution in [-0.2, 0) is 21.7 Å². The zero-order chi connectivity index (χ0) is 38.2. The third-order valence-electron chi connectivity index (χ3n) is 13.3. The van der Waals surface area contributed by atoms with Crippen molar-refractivity contribution in [2.45, 2.75) is 96.8 Å². The predicted octanol–water partition coefficient (Wildman–Crippen LogP) is 11.8. The molecule has 0 saturated carbocycles. The zero-order valence-corrected chi connectivity index (χ0v) is 33.8. The highest BCUT2D eigenvalue weighted by Gasteiger charge is 2.48. The van der Waals surface area contributed by atoms with Crippen LogP contribution in [0, 0.1) is 6.92 Å². The summed E-state index contributed by atoms with van der Waals surface area (Å²) in [4.78, 5) is 4.96. The molecule has 274 valence electrons. The maximum atomic E-state index is 7.09. The highest BCUT2D eigenvalue weighted by Crippen LogP contribution is 2.55. The van der Waals surface area contributed by atoms with Crippen LogP contribution in [0.5, 0.6) is 11.5 Å². The van der Waals surface area contributed by atoms with Crippen molar-refractivity contribution in [3.63, 3.8) is 0 Å². The van der Waals surface area contributed by atoms with Crippen LogP contribution < -0.4 is 30.9 Å².